The maximum absolute atomic E-state index is 8.85. The number of halogens is 1. The van der Waals surface area contributed by atoms with Crippen molar-refractivity contribution in [3.63, 3.8) is 0 Å². The van der Waals surface area contributed by atoms with E-state index in [-0.39, 0.29) is 0 Å². The standard InChI is InChI=1S/C14H9BrN4/c15-12-3-1-10(2-4-12)7-13-17-18-14-8-11(9-16)5-6-19(13)14/h1-6,8H,7H2. The molecular formula is C14H9BrN4. The highest BCUT2D eigenvalue weighted by Crippen LogP contribution is 2.14. The summed E-state index contributed by atoms with van der Waals surface area (Å²) in [7, 11) is 0. The molecule has 0 N–H and O–H groups in total. The Labute approximate surface area is 118 Å². The molecule has 0 saturated carbocycles. The van der Waals surface area contributed by atoms with Crippen molar-refractivity contribution in [3.8, 4) is 6.07 Å². The van der Waals surface area contributed by atoms with Crippen molar-refractivity contribution >= 4 is 21.6 Å². The molecule has 0 bridgehead atoms. The molecule has 0 saturated heterocycles. The predicted molar refractivity (Wildman–Crippen MR) is 74.7 cm³/mol. The van der Waals surface area contributed by atoms with E-state index in [0.717, 1.165) is 10.3 Å². The van der Waals surface area contributed by atoms with E-state index >= 15 is 0 Å². The molecule has 0 fully saturated rings. The number of hydrogen-bond donors (Lipinski definition) is 0. The Morgan fingerprint density at radius 2 is 1.95 bits per heavy atom. The first-order chi connectivity index (χ1) is 9.26. The highest BCUT2D eigenvalue weighted by atomic mass is 79.9. The number of nitriles is 1. The molecule has 2 heterocycles. The SMILES string of the molecule is N#Cc1ccn2c(Cc3ccc(Br)cc3)nnc2c1. The van der Waals surface area contributed by atoms with Gasteiger partial charge in [0.15, 0.2) is 5.65 Å². The zero-order valence-corrected chi connectivity index (χ0v) is 11.5. The minimum Gasteiger partial charge on any atom is -0.286 e. The zero-order valence-electron chi connectivity index (χ0n) is 9.92. The highest BCUT2D eigenvalue weighted by molar-refractivity contribution is 9.10. The van der Waals surface area contributed by atoms with Crippen LogP contribution in [-0.4, -0.2) is 14.6 Å². The third-order valence-corrected chi connectivity index (χ3v) is 3.41. The van der Waals surface area contributed by atoms with Gasteiger partial charge in [-0.3, -0.25) is 4.40 Å². The number of rotatable bonds is 2. The molecule has 0 unspecified atom stereocenters. The van der Waals surface area contributed by atoms with Gasteiger partial charge in [-0.25, -0.2) is 0 Å². The second-order valence-corrected chi connectivity index (χ2v) is 5.09. The van der Waals surface area contributed by atoms with Crippen LogP contribution in [0, 0.1) is 11.3 Å². The van der Waals surface area contributed by atoms with Crippen molar-refractivity contribution in [1.29, 1.82) is 5.26 Å². The maximum Gasteiger partial charge on any atom is 0.162 e. The van der Waals surface area contributed by atoms with Crippen LogP contribution in [0.25, 0.3) is 5.65 Å². The fraction of sp³-hybridized carbons (Fsp3) is 0.0714. The van der Waals surface area contributed by atoms with Gasteiger partial charge < -0.3 is 0 Å². The third kappa shape index (κ3) is 2.35. The minimum absolute atomic E-state index is 0.593. The molecular weight excluding hydrogens is 304 g/mol. The van der Waals surface area contributed by atoms with E-state index in [4.69, 9.17) is 5.26 Å². The van der Waals surface area contributed by atoms with E-state index in [0.29, 0.717) is 17.6 Å². The van der Waals surface area contributed by atoms with Gasteiger partial charge in [-0.15, -0.1) is 10.2 Å². The number of aromatic nitrogens is 3. The molecule has 3 aromatic rings. The summed E-state index contributed by atoms with van der Waals surface area (Å²) >= 11 is 3.42. The Kier molecular flexibility index (Phi) is 3.02. The van der Waals surface area contributed by atoms with Crippen LogP contribution >= 0.6 is 15.9 Å². The summed E-state index contributed by atoms with van der Waals surface area (Å²) in [5, 5.41) is 17.1. The third-order valence-electron chi connectivity index (χ3n) is 2.89. The number of pyridine rings is 1. The average Bonchev–Trinajstić information content (AvgIpc) is 2.83. The van der Waals surface area contributed by atoms with Crippen molar-refractivity contribution in [3.05, 3.63) is 64.0 Å². The van der Waals surface area contributed by atoms with E-state index < -0.39 is 0 Å². The lowest BCUT2D eigenvalue weighted by molar-refractivity contribution is 0.934. The lowest BCUT2D eigenvalue weighted by Crippen LogP contribution is -1.96. The normalized spacial score (nSPS) is 10.5. The van der Waals surface area contributed by atoms with Crippen LogP contribution < -0.4 is 0 Å². The first-order valence-electron chi connectivity index (χ1n) is 5.74. The molecule has 0 amide bonds. The van der Waals surface area contributed by atoms with Gasteiger partial charge in [0.1, 0.15) is 5.82 Å². The summed E-state index contributed by atoms with van der Waals surface area (Å²) < 4.78 is 2.96. The number of nitrogens with zero attached hydrogens (tertiary/aromatic N) is 4. The molecule has 0 spiro atoms. The summed E-state index contributed by atoms with van der Waals surface area (Å²) in [5.74, 6) is 0.863. The Hall–Kier alpha value is -2.19. The van der Waals surface area contributed by atoms with Gasteiger partial charge in [0.05, 0.1) is 11.6 Å². The second kappa shape index (κ2) is 4.82. The second-order valence-electron chi connectivity index (χ2n) is 4.17. The van der Waals surface area contributed by atoms with Crippen LogP contribution in [0.15, 0.2) is 47.1 Å². The Bertz CT molecular complexity index is 768. The van der Waals surface area contributed by atoms with Gasteiger partial charge in [0.25, 0.3) is 0 Å². The van der Waals surface area contributed by atoms with Crippen LogP contribution in [0.5, 0.6) is 0 Å². The molecule has 92 valence electrons. The summed E-state index contributed by atoms with van der Waals surface area (Å²) in [4.78, 5) is 0. The minimum atomic E-state index is 0.593. The molecule has 2 aromatic heterocycles. The van der Waals surface area contributed by atoms with Crippen LogP contribution in [-0.2, 0) is 6.42 Å². The van der Waals surface area contributed by atoms with Gasteiger partial charge >= 0.3 is 0 Å². The first kappa shape index (κ1) is 11.9. The molecule has 0 aliphatic rings. The van der Waals surface area contributed by atoms with Gasteiger partial charge in [-0.05, 0) is 23.8 Å². The molecule has 0 aliphatic carbocycles. The maximum atomic E-state index is 8.85. The highest BCUT2D eigenvalue weighted by Gasteiger charge is 2.06. The lowest BCUT2D eigenvalue weighted by Gasteiger charge is -2.01. The van der Waals surface area contributed by atoms with Crippen LogP contribution in [0.3, 0.4) is 0 Å². The van der Waals surface area contributed by atoms with Crippen molar-refractivity contribution in [2.45, 2.75) is 6.42 Å². The van der Waals surface area contributed by atoms with Gasteiger partial charge in [-0.1, -0.05) is 28.1 Å². The van der Waals surface area contributed by atoms with Crippen LogP contribution in [0.1, 0.15) is 17.0 Å². The molecule has 19 heavy (non-hydrogen) atoms. The number of hydrogen-bond acceptors (Lipinski definition) is 3. The van der Waals surface area contributed by atoms with E-state index in [1.807, 2.05) is 22.7 Å². The van der Waals surface area contributed by atoms with Gasteiger partial charge in [-0.2, -0.15) is 5.26 Å². The molecule has 5 heteroatoms. The molecule has 3 rings (SSSR count). The topological polar surface area (TPSA) is 54.0 Å². The quantitative estimate of drug-likeness (QED) is 0.731. The molecule has 1 aromatic carbocycles. The molecule has 0 radical (unpaired) electrons. The lowest BCUT2D eigenvalue weighted by atomic mass is 10.1. The van der Waals surface area contributed by atoms with Crippen LogP contribution in [0.2, 0.25) is 0 Å². The number of benzene rings is 1. The predicted octanol–water partition coefficient (Wildman–Crippen LogP) is 2.95. The summed E-state index contributed by atoms with van der Waals surface area (Å²) in [6.45, 7) is 0. The van der Waals surface area contributed by atoms with E-state index in [1.54, 1.807) is 12.1 Å². The largest absolute Gasteiger partial charge is 0.286 e. The van der Waals surface area contributed by atoms with E-state index in [2.05, 4.69) is 44.3 Å². The monoisotopic (exact) mass is 312 g/mol. The van der Waals surface area contributed by atoms with Gasteiger partial charge in [0, 0.05) is 23.2 Å². The fourth-order valence-electron chi connectivity index (χ4n) is 1.92. The zero-order chi connectivity index (χ0) is 13.2. The summed E-state index contributed by atoms with van der Waals surface area (Å²) in [6, 6.07) is 13.7. The van der Waals surface area contributed by atoms with Crippen molar-refractivity contribution in [2.24, 2.45) is 0 Å². The molecule has 0 atom stereocenters. The number of fused-ring (bicyclic) bond motifs is 1. The van der Waals surface area contributed by atoms with Gasteiger partial charge in [0.2, 0.25) is 0 Å². The fourth-order valence-corrected chi connectivity index (χ4v) is 2.18. The van der Waals surface area contributed by atoms with Crippen LogP contribution in [0.4, 0.5) is 0 Å². The van der Waals surface area contributed by atoms with E-state index in [1.165, 1.54) is 5.56 Å². The Morgan fingerprint density at radius 3 is 2.68 bits per heavy atom. The molecule has 4 nitrogen and oxygen atoms in total. The van der Waals surface area contributed by atoms with E-state index in [9.17, 15) is 0 Å². The molecule has 0 aliphatic heterocycles. The smallest absolute Gasteiger partial charge is 0.162 e. The summed E-state index contributed by atoms with van der Waals surface area (Å²) in [5.41, 5.74) is 2.46. The Balaban J connectivity index is 1.97. The van der Waals surface area contributed by atoms with Crippen molar-refractivity contribution in [1.82, 2.24) is 14.6 Å². The Morgan fingerprint density at radius 1 is 1.16 bits per heavy atom. The first-order valence-corrected chi connectivity index (χ1v) is 6.54. The average molecular weight is 313 g/mol. The van der Waals surface area contributed by atoms with Crippen molar-refractivity contribution < 1.29 is 0 Å². The van der Waals surface area contributed by atoms with Crippen molar-refractivity contribution in [2.75, 3.05) is 0 Å². The summed E-state index contributed by atoms with van der Waals surface area (Å²) in [6.07, 6.45) is 2.54.